The lowest BCUT2D eigenvalue weighted by atomic mass is 9.77. The summed E-state index contributed by atoms with van der Waals surface area (Å²) in [7, 11) is 1.43. The topological polar surface area (TPSA) is 55.6 Å². The van der Waals surface area contributed by atoms with Gasteiger partial charge in [-0.3, -0.25) is 4.79 Å². The summed E-state index contributed by atoms with van der Waals surface area (Å²) in [4.78, 5) is 14.4. The van der Waals surface area contributed by atoms with Gasteiger partial charge in [-0.2, -0.15) is 0 Å². The molecule has 3 unspecified atom stereocenters. The van der Waals surface area contributed by atoms with Crippen LogP contribution in [-0.2, 0) is 9.53 Å². The zero-order chi connectivity index (χ0) is 15.7. The molecule has 2 rings (SSSR count). The van der Waals surface area contributed by atoms with Gasteiger partial charge in [0.1, 0.15) is 5.54 Å². The number of nitrogens with two attached hydrogens (primary N) is 1. The number of rotatable bonds is 2. The molecule has 0 spiro atoms. The van der Waals surface area contributed by atoms with E-state index in [2.05, 4.69) is 25.7 Å². The second-order valence-corrected chi connectivity index (χ2v) is 8.07. The van der Waals surface area contributed by atoms with Crippen LogP contribution in [0.5, 0.6) is 0 Å². The maximum Gasteiger partial charge on any atom is 0.325 e. The highest BCUT2D eigenvalue weighted by molar-refractivity contribution is 5.81. The first-order valence-electron chi connectivity index (χ1n) is 8.37. The van der Waals surface area contributed by atoms with Gasteiger partial charge in [0, 0.05) is 6.04 Å². The SMILES string of the molecule is COC(=O)C1(N)CCC(N2CCCC(C(C)(C)C)CC2)C1. The third-order valence-corrected chi connectivity index (χ3v) is 5.62. The number of carbonyl (C=O) groups excluding carboxylic acids is 1. The van der Waals surface area contributed by atoms with Crippen molar-refractivity contribution in [3.05, 3.63) is 0 Å². The normalized spacial score (nSPS) is 35.5. The number of ether oxygens (including phenoxy) is 1. The van der Waals surface area contributed by atoms with E-state index in [0.717, 1.165) is 38.3 Å². The molecule has 2 aliphatic rings. The number of carbonyl (C=O) groups is 1. The van der Waals surface area contributed by atoms with Crippen molar-refractivity contribution in [2.75, 3.05) is 20.2 Å². The highest BCUT2D eigenvalue weighted by Crippen LogP contribution is 2.37. The number of nitrogens with zero attached hydrogens (tertiary/aromatic N) is 1. The summed E-state index contributed by atoms with van der Waals surface area (Å²) in [6.45, 7) is 9.35. The molecule has 2 fully saturated rings. The minimum Gasteiger partial charge on any atom is -0.468 e. The molecule has 1 aliphatic heterocycles. The molecule has 122 valence electrons. The molecule has 0 aromatic carbocycles. The number of likely N-dealkylation sites (tertiary alicyclic amines) is 1. The predicted molar refractivity (Wildman–Crippen MR) is 84.9 cm³/mol. The van der Waals surface area contributed by atoms with E-state index in [1.165, 1.54) is 26.4 Å². The van der Waals surface area contributed by atoms with E-state index in [1.54, 1.807) is 0 Å². The molecule has 1 saturated carbocycles. The van der Waals surface area contributed by atoms with Gasteiger partial charge >= 0.3 is 5.97 Å². The smallest absolute Gasteiger partial charge is 0.325 e. The number of methoxy groups -OCH3 is 1. The highest BCUT2D eigenvalue weighted by atomic mass is 16.5. The molecular formula is C17H32N2O2. The lowest BCUT2D eigenvalue weighted by Crippen LogP contribution is -2.48. The monoisotopic (exact) mass is 296 g/mol. The van der Waals surface area contributed by atoms with E-state index in [4.69, 9.17) is 10.5 Å². The molecule has 1 aliphatic carbocycles. The van der Waals surface area contributed by atoms with Gasteiger partial charge < -0.3 is 15.4 Å². The van der Waals surface area contributed by atoms with Crippen LogP contribution in [0, 0.1) is 11.3 Å². The van der Waals surface area contributed by atoms with Crippen LogP contribution in [0.2, 0.25) is 0 Å². The fraction of sp³-hybridized carbons (Fsp3) is 0.941. The van der Waals surface area contributed by atoms with E-state index < -0.39 is 5.54 Å². The first-order chi connectivity index (χ1) is 9.76. The van der Waals surface area contributed by atoms with Gasteiger partial charge in [-0.25, -0.2) is 0 Å². The third kappa shape index (κ3) is 3.78. The summed E-state index contributed by atoms with van der Waals surface area (Å²) >= 11 is 0. The van der Waals surface area contributed by atoms with Crippen molar-refractivity contribution in [2.45, 2.75) is 70.9 Å². The third-order valence-electron chi connectivity index (χ3n) is 5.62. The number of hydrogen-bond acceptors (Lipinski definition) is 4. The minimum atomic E-state index is -0.755. The summed E-state index contributed by atoms with van der Waals surface area (Å²) in [5.74, 6) is 0.555. The zero-order valence-electron chi connectivity index (χ0n) is 14.2. The predicted octanol–water partition coefficient (Wildman–Crippen LogP) is 2.56. The van der Waals surface area contributed by atoms with Crippen molar-refractivity contribution in [2.24, 2.45) is 17.1 Å². The van der Waals surface area contributed by atoms with E-state index in [0.29, 0.717) is 11.5 Å². The van der Waals surface area contributed by atoms with E-state index in [1.807, 2.05) is 0 Å². The summed E-state index contributed by atoms with van der Waals surface area (Å²) in [6, 6.07) is 0.452. The standard InChI is InChI=1S/C17H32N2O2/c1-16(2,3)13-6-5-10-19(11-8-13)14-7-9-17(18,12-14)15(20)21-4/h13-14H,5-12,18H2,1-4H3. The minimum absolute atomic E-state index is 0.243. The molecule has 3 atom stereocenters. The average molecular weight is 296 g/mol. The largest absolute Gasteiger partial charge is 0.468 e. The van der Waals surface area contributed by atoms with E-state index in [-0.39, 0.29) is 5.97 Å². The molecular weight excluding hydrogens is 264 g/mol. The molecule has 2 N–H and O–H groups in total. The zero-order valence-corrected chi connectivity index (χ0v) is 14.2. The molecule has 1 heterocycles. The molecule has 0 bridgehead atoms. The average Bonchev–Trinajstić information content (AvgIpc) is 2.66. The lowest BCUT2D eigenvalue weighted by Gasteiger charge is -2.31. The van der Waals surface area contributed by atoms with Gasteiger partial charge in [0.25, 0.3) is 0 Å². The fourth-order valence-electron chi connectivity index (χ4n) is 4.10. The van der Waals surface area contributed by atoms with Gasteiger partial charge in [0.05, 0.1) is 7.11 Å². The van der Waals surface area contributed by atoms with Crippen molar-refractivity contribution >= 4 is 5.97 Å². The Morgan fingerprint density at radius 3 is 2.57 bits per heavy atom. The second-order valence-electron chi connectivity index (χ2n) is 8.07. The molecule has 0 aromatic rings. The van der Waals surface area contributed by atoms with Gasteiger partial charge in [-0.15, -0.1) is 0 Å². The van der Waals surface area contributed by atoms with Gasteiger partial charge in [0.2, 0.25) is 0 Å². The summed E-state index contributed by atoms with van der Waals surface area (Å²) in [6.07, 6.45) is 6.36. The Balaban J connectivity index is 1.94. The first-order valence-corrected chi connectivity index (χ1v) is 8.37. The van der Waals surface area contributed by atoms with Crippen LogP contribution >= 0.6 is 0 Å². The Labute approximate surface area is 129 Å². The Morgan fingerprint density at radius 2 is 1.95 bits per heavy atom. The quantitative estimate of drug-likeness (QED) is 0.796. The van der Waals surface area contributed by atoms with Crippen LogP contribution in [0.4, 0.5) is 0 Å². The van der Waals surface area contributed by atoms with Crippen molar-refractivity contribution in [1.29, 1.82) is 0 Å². The Kier molecular flexibility index (Phi) is 4.99. The van der Waals surface area contributed by atoms with E-state index in [9.17, 15) is 4.79 Å². The van der Waals surface area contributed by atoms with E-state index >= 15 is 0 Å². The Bertz CT molecular complexity index is 377. The highest BCUT2D eigenvalue weighted by Gasteiger charge is 2.45. The van der Waals surface area contributed by atoms with Crippen molar-refractivity contribution in [3.63, 3.8) is 0 Å². The fourth-order valence-corrected chi connectivity index (χ4v) is 4.10. The van der Waals surface area contributed by atoms with Gasteiger partial charge in [-0.1, -0.05) is 20.8 Å². The summed E-state index contributed by atoms with van der Waals surface area (Å²) in [5.41, 5.74) is 5.89. The number of esters is 1. The molecule has 4 heteroatoms. The summed E-state index contributed by atoms with van der Waals surface area (Å²) < 4.78 is 4.88. The summed E-state index contributed by atoms with van der Waals surface area (Å²) in [5, 5.41) is 0. The van der Waals surface area contributed by atoms with Gasteiger partial charge in [-0.05, 0) is 62.9 Å². The first kappa shape index (κ1) is 16.8. The van der Waals surface area contributed by atoms with Crippen LogP contribution < -0.4 is 5.73 Å². The second kappa shape index (κ2) is 6.25. The van der Waals surface area contributed by atoms with Crippen LogP contribution in [0.25, 0.3) is 0 Å². The Hall–Kier alpha value is -0.610. The van der Waals surface area contributed by atoms with Crippen LogP contribution in [0.1, 0.15) is 59.3 Å². The van der Waals surface area contributed by atoms with Crippen molar-refractivity contribution in [3.8, 4) is 0 Å². The molecule has 0 amide bonds. The van der Waals surface area contributed by atoms with Gasteiger partial charge in [0.15, 0.2) is 0 Å². The number of hydrogen-bond donors (Lipinski definition) is 1. The molecule has 1 saturated heterocycles. The molecule has 4 nitrogen and oxygen atoms in total. The van der Waals surface area contributed by atoms with Crippen LogP contribution in [-0.4, -0.2) is 42.6 Å². The molecule has 21 heavy (non-hydrogen) atoms. The maximum absolute atomic E-state index is 11.8. The maximum atomic E-state index is 11.8. The molecule has 0 radical (unpaired) electrons. The van der Waals surface area contributed by atoms with Crippen LogP contribution in [0.15, 0.2) is 0 Å². The molecule has 0 aromatic heterocycles. The Morgan fingerprint density at radius 1 is 1.24 bits per heavy atom. The van der Waals surface area contributed by atoms with Crippen molar-refractivity contribution in [1.82, 2.24) is 4.90 Å². The van der Waals surface area contributed by atoms with Crippen molar-refractivity contribution < 1.29 is 9.53 Å². The lowest BCUT2D eigenvalue weighted by molar-refractivity contribution is -0.147. The van der Waals surface area contributed by atoms with Crippen LogP contribution in [0.3, 0.4) is 0 Å².